The fourth-order valence-electron chi connectivity index (χ4n) is 2.80. The third kappa shape index (κ3) is 3.69. The zero-order valence-corrected chi connectivity index (χ0v) is 15.6. The normalized spacial score (nSPS) is 13.0. The molecule has 0 unspecified atom stereocenters. The molecule has 1 aromatic heterocycles. The number of hydrogen-bond donors (Lipinski definition) is 1. The van der Waals surface area contributed by atoms with Crippen LogP contribution >= 0.6 is 11.6 Å². The molecule has 0 aliphatic rings. The number of carbonyl (C=O) groups excluding carboxylic acids is 1. The molecule has 0 saturated heterocycles. The molecule has 0 bridgehead atoms. The Balaban J connectivity index is 2.12. The van der Waals surface area contributed by atoms with Crippen LogP contribution in [0.2, 0.25) is 5.02 Å². The van der Waals surface area contributed by atoms with Gasteiger partial charge in [0.25, 0.3) is 0 Å². The Morgan fingerprint density at radius 1 is 1.16 bits per heavy atom. The average Bonchev–Trinajstić information content (AvgIpc) is 2.92. The fourth-order valence-corrected chi connectivity index (χ4v) is 2.97. The summed E-state index contributed by atoms with van der Waals surface area (Å²) in [5.74, 6) is -0.0635. The number of carbonyl (C=O) groups is 1. The van der Waals surface area contributed by atoms with Gasteiger partial charge in [-0.2, -0.15) is 5.10 Å². The molecule has 0 spiro atoms. The predicted octanol–water partition coefficient (Wildman–Crippen LogP) is 4.83. The number of nitrogens with one attached hydrogen (secondary N) is 1. The van der Waals surface area contributed by atoms with Gasteiger partial charge >= 0.3 is 0 Å². The van der Waals surface area contributed by atoms with Gasteiger partial charge in [-0.05, 0) is 45.9 Å². The Hall–Kier alpha value is -2.33. The van der Waals surface area contributed by atoms with Gasteiger partial charge in [-0.25, -0.2) is 0 Å². The lowest BCUT2D eigenvalue weighted by molar-refractivity contribution is -0.125. The summed E-state index contributed by atoms with van der Waals surface area (Å²) in [6.45, 7) is 7.76. The van der Waals surface area contributed by atoms with Gasteiger partial charge in [0.2, 0.25) is 5.91 Å². The Morgan fingerprint density at radius 2 is 1.84 bits per heavy atom. The van der Waals surface area contributed by atoms with Crippen molar-refractivity contribution in [2.24, 2.45) is 0 Å². The number of rotatable bonds is 3. The molecule has 0 aliphatic heterocycles. The summed E-state index contributed by atoms with van der Waals surface area (Å²) in [5.41, 5.74) is 2.42. The molecule has 2 aromatic carbocycles. The molecular weight excluding hydrogens is 334 g/mol. The Kier molecular flexibility index (Phi) is 4.56. The molecule has 5 heteroatoms. The van der Waals surface area contributed by atoms with Crippen molar-refractivity contribution >= 4 is 28.4 Å². The summed E-state index contributed by atoms with van der Waals surface area (Å²) in [6, 6.07) is 15.1. The quantitative estimate of drug-likeness (QED) is 0.731. The third-order valence-electron chi connectivity index (χ3n) is 3.96. The first-order valence-corrected chi connectivity index (χ1v) is 8.69. The number of fused-ring (bicyclic) bond motifs is 1. The van der Waals surface area contributed by atoms with E-state index >= 15 is 0 Å². The second kappa shape index (κ2) is 6.52. The molecule has 0 fully saturated rings. The van der Waals surface area contributed by atoms with Crippen molar-refractivity contribution in [3.8, 4) is 11.3 Å². The van der Waals surface area contributed by atoms with Crippen molar-refractivity contribution < 1.29 is 4.79 Å². The van der Waals surface area contributed by atoms with Crippen LogP contribution < -0.4 is 5.32 Å². The van der Waals surface area contributed by atoms with Gasteiger partial charge in [0, 0.05) is 21.5 Å². The molecule has 1 N–H and O–H groups in total. The van der Waals surface area contributed by atoms with Gasteiger partial charge in [0.15, 0.2) is 0 Å². The van der Waals surface area contributed by atoms with Crippen LogP contribution in [-0.2, 0) is 4.79 Å². The Labute approximate surface area is 152 Å². The summed E-state index contributed by atoms with van der Waals surface area (Å²) in [6.07, 6.45) is 0. The largest absolute Gasteiger partial charge is 0.350 e. The molecule has 1 heterocycles. The molecule has 0 radical (unpaired) electrons. The Bertz CT molecular complexity index is 910. The topological polar surface area (TPSA) is 46.9 Å². The number of halogens is 1. The van der Waals surface area contributed by atoms with Gasteiger partial charge in [-0.15, -0.1) is 0 Å². The minimum Gasteiger partial charge on any atom is -0.350 e. The Morgan fingerprint density at radius 3 is 2.48 bits per heavy atom. The number of nitrogens with zero attached hydrogens (tertiary/aromatic N) is 2. The number of benzene rings is 2. The first kappa shape index (κ1) is 17.5. The lowest BCUT2D eigenvalue weighted by Gasteiger charge is -2.23. The maximum Gasteiger partial charge on any atom is 0.245 e. The summed E-state index contributed by atoms with van der Waals surface area (Å²) < 4.78 is 1.77. The molecular formula is C20H22ClN3O. The average molecular weight is 356 g/mol. The maximum atomic E-state index is 12.6. The molecule has 4 nitrogen and oxygen atoms in total. The van der Waals surface area contributed by atoms with Crippen molar-refractivity contribution in [2.75, 3.05) is 0 Å². The van der Waals surface area contributed by atoms with Gasteiger partial charge in [0.05, 0.1) is 5.52 Å². The predicted molar refractivity (Wildman–Crippen MR) is 103 cm³/mol. The van der Waals surface area contributed by atoms with Crippen LogP contribution in [0, 0.1) is 0 Å². The molecule has 3 aromatic rings. The molecule has 25 heavy (non-hydrogen) atoms. The summed E-state index contributed by atoms with van der Waals surface area (Å²) in [7, 11) is 0. The standard InChI is InChI=1S/C20H22ClN3O/c1-13(19(25)22-20(2,3)4)24-17-11-10-15(21)12-16(17)18(23-24)14-8-6-5-7-9-14/h5-13H,1-4H3,(H,22,25)/t13-/m0/s1. The van der Waals surface area contributed by atoms with Crippen LogP contribution in [0.15, 0.2) is 48.5 Å². The summed E-state index contributed by atoms with van der Waals surface area (Å²) in [5, 5.41) is 9.35. The van der Waals surface area contributed by atoms with E-state index in [0.29, 0.717) is 5.02 Å². The van der Waals surface area contributed by atoms with Crippen LogP contribution in [0.5, 0.6) is 0 Å². The highest BCUT2D eigenvalue weighted by Crippen LogP contribution is 2.31. The van der Waals surface area contributed by atoms with E-state index in [1.807, 2.05) is 76.2 Å². The molecule has 1 atom stereocenters. The van der Waals surface area contributed by atoms with Gasteiger partial charge in [-0.3, -0.25) is 9.48 Å². The summed E-state index contributed by atoms with van der Waals surface area (Å²) >= 11 is 6.20. The highest BCUT2D eigenvalue weighted by Gasteiger charge is 2.24. The fraction of sp³-hybridized carbons (Fsp3) is 0.300. The highest BCUT2D eigenvalue weighted by molar-refractivity contribution is 6.31. The molecule has 3 rings (SSSR count). The minimum atomic E-state index is -0.430. The van der Waals surface area contributed by atoms with Crippen molar-refractivity contribution in [2.45, 2.75) is 39.3 Å². The molecule has 130 valence electrons. The van der Waals surface area contributed by atoms with Crippen LogP contribution in [0.3, 0.4) is 0 Å². The van der Waals surface area contributed by atoms with E-state index < -0.39 is 6.04 Å². The number of aromatic nitrogens is 2. The molecule has 0 aliphatic carbocycles. The van der Waals surface area contributed by atoms with Crippen LogP contribution in [-0.4, -0.2) is 21.2 Å². The van der Waals surface area contributed by atoms with E-state index in [9.17, 15) is 4.79 Å². The van der Waals surface area contributed by atoms with E-state index in [4.69, 9.17) is 16.7 Å². The van der Waals surface area contributed by atoms with E-state index in [1.165, 1.54) is 0 Å². The highest BCUT2D eigenvalue weighted by atomic mass is 35.5. The lowest BCUT2D eigenvalue weighted by atomic mass is 10.1. The van der Waals surface area contributed by atoms with Crippen molar-refractivity contribution in [1.82, 2.24) is 15.1 Å². The monoisotopic (exact) mass is 355 g/mol. The van der Waals surface area contributed by atoms with Gasteiger partial charge < -0.3 is 5.32 Å². The first-order chi connectivity index (χ1) is 11.8. The van der Waals surface area contributed by atoms with E-state index in [-0.39, 0.29) is 11.4 Å². The lowest BCUT2D eigenvalue weighted by Crippen LogP contribution is -2.43. The molecule has 1 amide bonds. The van der Waals surface area contributed by atoms with Gasteiger partial charge in [-0.1, -0.05) is 41.9 Å². The van der Waals surface area contributed by atoms with E-state index in [2.05, 4.69) is 5.32 Å². The van der Waals surface area contributed by atoms with Crippen LogP contribution in [0.1, 0.15) is 33.7 Å². The van der Waals surface area contributed by atoms with Crippen LogP contribution in [0.25, 0.3) is 22.2 Å². The molecule has 0 saturated carbocycles. The SMILES string of the molecule is C[C@@H](C(=O)NC(C)(C)C)n1nc(-c2ccccc2)c2cc(Cl)ccc21. The van der Waals surface area contributed by atoms with Crippen LogP contribution in [0.4, 0.5) is 0 Å². The second-order valence-electron chi connectivity index (χ2n) is 7.24. The number of hydrogen-bond acceptors (Lipinski definition) is 2. The van der Waals surface area contributed by atoms with E-state index in [0.717, 1.165) is 22.2 Å². The van der Waals surface area contributed by atoms with Crippen molar-refractivity contribution in [3.63, 3.8) is 0 Å². The van der Waals surface area contributed by atoms with Crippen molar-refractivity contribution in [3.05, 3.63) is 53.6 Å². The van der Waals surface area contributed by atoms with Crippen molar-refractivity contribution in [1.29, 1.82) is 0 Å². The zero-order chi connectivity index (χ0) is 18.2. The van der Waals surface area contributed by atoms with Gasteiger partial charge in [0.1, 0.15) is 11.7 Å². The third-order valence-corrected chi connectivity index (χ3v) is 4.20. The second-order valence-corrected chi connectivity index (χ2v) is 7.67. The minimum absolute atomic E-state index is 0.0635. The first-order valence-electron chi connectivity index (χ1n) is 8.31. The summed E-state index contributed by atoms with van der Waals surface area (Å²) in [4.78, 5) is 12.6. The maximum absolute atomic E-state index is 12.6. The zero-order valence-electron chi connectivity index (χ0n) is 14.9. The smallest absolute Gasteiger partial charge is 0.245 e. The van der Waals surface area contributed by atoms with E-state index in [1.54, 1.807) is 4.68 Å². The number of amides is 1.